The molecule has 1 aliphatic heterocycles. The van der Waals surface area contributed by atoms with E-state index in [1.807, 2.05) is 12.1 Å². The Morgan fingerprint density at radius 1 is 1.21 bits per heavy atom. The molecule has 0 bridgehead atoms. The fourth-order valence-electron chi connectivity index (χ4n) is 3.34. The number of aliphatic imine (C=N–C) groups is 1. The third-order valence-electron chi connectivity index (χ3n) is 4.76. The third kappa shape index (κ3) is 4.33. The summed E-state index contributed by atoms with van der Waals surface area (Å²) in [5.41, 5.74) is 2.18. The van der Waals surface area contributed by atoms with Crippen molar-refractivity contribution in [2.75, 3.05) is 37.6 Å². The van der Waals surface area contributed by atoms with Crippen LogP contribution in [0.3, 0.4) is 0 Å². The predicted octanol–water partition coefficient (Wildman–Crippen LogP) is 2.82. The molecular formula is C20H25N7S. The van der Waals surface area contributed by atoms with Crippen molar-refractivity contribution >= 4 is 22.3 Å². The fraction of sp³-hybridized carbons (Fsp3) is 0.350. The molecule has 0 aliphatic carbocycles. The second-order valence-corrected chi connectivity index (χ2v) is 7.56. The molecule has 0 saturated carbocycles. The molecule has 1 aliphatic rings. The number of aromatic nitrogens is 3. The van der Waals surface area contributed by atoms with Crippen molar-refractivity contribution in [3.63, 3.8) is 0 Å². The zero-order valence-corrected chi connectivity index (χ0v) is 16.8. The Labute approximate surface area is 169 Å². The standard InChI is InChI=1S/C20H25N7S/c1-2-21-20(27-10-8-26(9-11-27)18-7-4-12-28-18)22-14-16-5-3-6-17(13-16)19-23-15-24-25-19/h3-7,12-13,15H,2,8-11,14H2,1H3,(H,21,22)(H,23,24,25). The van der Waals surface area contributed by atoms with Gasteiger partial charge >= 0.3 is 0 Å². The lowest BCUT2D eigenvalue weighted by Gasteiger charge is -2.37. The molecule has 2 aromatic heterocycles. The molecule has 7 nitrogen and oxygen atoms in total. The first-order chi connectivity index (χ1) is 13.8. The van der Waals surface area contributed by atoms with E-state index >= 15 is 0 Å². The molecule has 1 aromatic carbocycles. The lowest BCUT2D eigenvalue weighted by molar-refractivity contribution is 0.373. The van der Waals surface area contributed by atoms with E-state index in [1.165, 1.54) is 11.3 Å². The molecule has 1 saturated heterocycles. The molecule has 1 fully saturated rings. The first-order valence-electron chi connectivity index (χ1n) is 9.60. The van der Waals surface area contributed by atoms with E-state index in [0.29, 0.717) is 6.54 Å². The van der Waals surface area contributed by atoms with Crippen LogP contribution in [-0.2, 0) is 6.54 Å². The van der Waals surface area contributed by atoms with E-state index in [9.17, 15) is 0 Å². The van der Waals surface area contributed by atoms with Crippen LogP contribution < -0.4 is 10.2 Å². The van der Waals surface area contributed by atoms with Crippen LogP contribution in [-0.4, -0.2) is 58.8 Å². The first-order valence-corrected chi connectivity index (χ1v) is 10.5. The summed E-state index contributed by atoms with van der Waals surface area (Å²) in [4.78, 5) is 13.9. The van der Waals surface area contributed by atoms with Crippen LogP contribution >= 0.6 is 11.3 Å². The number of guanidine groups is 1. The van der Waals surface area contributed by atoms with Gasteiger partial charge in [-0.15, -0.1) is 11.3 Å². The van der Waals surface area contributed by atoms with E-state index in [-0.39, 0.29) is 0 Å². The Hall–Kier alpha value is -2.87. The number of benzene rings is 1. The number of aromatic amines is 1. The van der Waals surface area contributed by atoms with Gasteiger partial charge in [-0.25, -0.2) is 9.98 Å². The van der Waals surface area contributed by atoms with Crippen LogP contribution in [0.4, 0.5) is 5.00 Å². The zero-order valence-electron chi connectivity index (χ0n) is 16.0. The van der Waals surface area contributed by atoms with Crippen molar-refractivity contribution < 1.29 is 0 Å². The lowest BCUT2D eigenvalue weighted by atomic mass is 10.1. The number of hydrogen-bond donors (Lipinski definition) is 2. The number of piperazine rings is 1. The van der Waals surface area contributed by atoms with Crippen LogP contribution in [0.5, 0.6) is 0 Å². The number of H-pyrrole nitrogens is 1. The molecule has 3 aromatic rings. The van der Waals surface area contributed by atoms with Crippen LogP contribution in [0.1, 0.15) is 12.5 Å². The maximum atomic E-state index is 4.89. The predicted molar refractivity (Wildman–Crippen MR) is 115 cm³/mol. The minimum Gasteiger partial charge on any atom is -0.360 e. The van der Waals surface area contributed by atoms with E-state index in [4.69, 9.17) is 4.99 Å². The Morgan fingerprint density at radius 2 is 2.11 bits per heavy atom. The molecule has 0 atom stereocenters. The maximum absolute atomic E-state index is 4.89. The summed E-state index contributed by atoms with van der Waals surface area (Å²) < 4.78 is 0. The number of anilines is 1. The number of hydrogen-bond acceptors (Lipinski definition) is 5. The van der Waals surface area contributed by atoms with Crippen molar-refractivity contribution in [2.24, 2.45) is 4.99 Å². The first kappa shape index (κ1) is 18.5. The van der Waals surface area contributed by atoms with Crippen LogP contribution in [0.15, 0.2) is 53.1 Å². The van der Waals surface area contributed by atoms with Crippen LogP contribution in [0, 0.1) is 0 Å². The van der Waals surface area contributed by atoms with Gasteiger partial charge in [-0.2, -0.15) is 5.10 Å². The molecule has 0 unspecified atom stereocenters. The molecule has 0 spiro atoms. The van der Waals surface area contributed by atoms with E-state index in [0.717, 1.165) is 55.6 Å². The van der Waals surface area contributed by atoms with Crippen molar-refractivity contribution in [3.8, 4) is 11.4 Å². The largest absolute Gasteiger partial charge is 0.360 e. The van der Waals surface area contributed by atoms with Gasteiger partial charge in [0.25, 0.3) is 0 Å². The van der Waals surface area contributed by atoms with Gasteiger partial charge < -0.3 is 15.1 Å². The van der Waals surface area contributed by atoms with Crippen molar-refractivity contribution in [1.29, 1.82) is 0 Å². The molecule has 146 valence electrons. The summed E-state index contributed by atoms with van der Waals surface area (Å²) in [5.74, 6) is 1.76. The van der Waals surface area contributed by atoms with Gasteiger partial charge in [0.1, 0.15) is 6.33 Å². The second kappa shape index (κ2) is 8.88. The highest BCUT2D eigenvalue weighted by Crippen LogP contribution is 2.22. The quantitative estimate of drug-likeness (QED) is 0.513. The van der Waals surface area contributed by atoms with Gasteiger partial charge in [0.2, 0.25) is 0 Å². The molecule has 2 N–H and O–H groups in total. The summed E-state index contributed by atoms with van der Waals surface area (Å²) in [5, 5.41) is 13.8. The number of thiophene rings is 1. The van der Waals surface area contributed by atoms with Crippen molar-refractivity contribution in [1.82, 2.24) is 25.4 Å². The van der Waals surface area contributed by atoms with Crippen molar-refractivity contribution in [3.05, 3.63) is 53.7 Å². The molecule has 3 heterocycles. The van der Waals surface area contributed by atoms with Crippen LogP contribution in [0.25, 0.3) is 11.4 Å². The summed E-state index contributed by atoms with van der Waals surface area (Å²) in [6, 6.07) is 12.6. The van der Waals surface area contributed by atoms with E-state index in [1.54, 1.807) is 11.3 Å². The van der Waals surface area contributed by atoms with E-state index in [2.05, 4.69) is 66.9 Å². The molecular weight excluding hydrogens is 370 g/mol. The van der Waals surface area contributed by atoms with Crippen molar-refractivity contribution in [2.45, 2.75) is 13.5 Å². The maximum Gasteiger partial charge on any atom is 0.194 e. The molecule has 8 heteroatoms. The smallest absolute Gasteiger partial charge is 0.194 e. The Bertz CT molecular complexity index is 881. The third-order valence-corrected chi connectivity index (χ3v) is 5.69. The van der Waals surface area contributed by atoms with E-state index < -0.39 is 0 Å². The van der Waals surface area contributed by atoms with Gasteiger partial charge in [0.05, 0.1) is 11.5 Å². The van der Waals surface area contributed by atoms with Gasteiger partial charge in [-0.05, 0) is 36.1 Å². The second-order valence-electron chi connectivity index (χ2n) is 6.63. The number of nitrogens with zero attached hydrogens (tertiary/aromatic N) is 5. The van der Waals surface area contributed by atoms with Gasteiger partial charge in [0.15, 0.2) is 11.8 Å². The fourth-order valence-corrected chi connectivity index (χ4v) is 4.13. The highest BCUT2D eigenvalue weighted by molar-refractivity contribution is 7.14. The average Bonchev–Trinajstić information content (AvgIpc) is 3.46. The van der Waals surface area contributed by atoms with Gasteiger partial charge in [0, 0.05) is 38.3 Å². The topological polar surface area (TPSA) is 72.4 Å². The Morgan fingerprint density at radius 3 is 2.82 bits per heavy atom. The van der Waals surface area contributed by atoms with Crippen LogP contribution in [0.2, 0.25) is 0 Å². The Balaban J connectivity index is 1.42. The number of nitrogens with one attached hydrogen (secondary N) is 2. The highest BCUT2D eigenvalue weighted by Gasteiger charge is 2.20. The summed E-state index contributed by atoms with van der Waals surface area (Å²) in [7, 11) is 0. The molecule has 28 heavy (non-hydrogen) atoms. The summed E-state index contributed by atoms with van der Waals surface area (Å²) in [6.45, 7) is 7.60. The minimum atomic E-state index is 0.634. The normalized spacial score (nSPS) is 15.1. The molecule has 4 rings (SSSR count). The monoisotopic (exact) mass is 395 g/mol. The highest BCUT2D eigenvalue weighted by atomic mass is 32.1. The average molecular weight is 396 g/mol. The summed E-state index contributed by atoms with van der Waals surface area (Å²) >= 11 is 1.81. The summed E-state index contributed by atoms with van der Waals surface area (Å²) in [6.07, 6.45) is 1.53. The number of rotatable bonds is 5. The SMILES string of the molecule is CCNC(=NCc1cccc(-c2ncn[nH]2)c1)N1CCN(c2cccs2)CC1. The Kier molecular flexibility index (Phi) is 5.86. The molecule has 0 amide bonds. The van der Waals surface area contributed by atoms with Gasteiger partial charge in [-0.1, -0.05) is 18.2 Å². The minimum absolute atomic E-state index is 0.634. The lowest BCUT2D eigenvalue weighted by Crippen LogP contribution is -2.52. The van der Waals surface area contributed by atoms with Gasteiger partial charge in [-0.3, -0.25) is 5.10 Å². The molecule has 0 radical (unpaired) electrons. The zero-order chi connectivity index (χ0) is 19.2.